The first-order chi connectivity index (χ1) is 17.4. The van der Waals surface area contributed by atoms with Gasteiger partial charge in [0.05, 0.1) is 5.75 Å². The van der Waals surface area contributed by atoms with E-state index in [0.717, 1.165) is 23.1 Å². The summed E-state index contributed by atoms with van der Waals surface area (Å²) in [4.78, 5) is 28.9. The summed E-state index contributed by atoms with van der Waals surface area (Å²) >= 11 is 1.36. The van der Waals surface area contributed by atoms with Crippen molar-refractivity contribution < 1.29 is 14.0 Å². The molecule has 0 aliphatic heterocycles. The van der Waals surface area contributed by atoms with Crippen LogP contribution in [-0.2, 0) is 28.3 Å². The van der Waals surface area contributed by atoms with Crippen LogP contribution in [0.5, 0.6) is 0 Å². The highest BCUT2D eigenvalue weighted by molar-refractivity contribution is 7.99. The Bertz CT molecular complexity index is 1140. The Labute approximate surface area is 218 Å². The topological polar surface area (TPSA) is 49.4 Å². The predicted molar refractivity (Wildman–Crippen MR) is 146 cm³/mol. The molecule has 0 aromatic heterocycles. The van der Waals surface area contributed by atoms with E-state index in [-0.39, 0.29) is 29.4 Å². The second kappa shape index (κ2) is 13.8. The van der Waals surface area contributed by atoms with E-state index in [2.05, 4.69) is 5.32 Å². The fourth-order valence-electron chi connectivity index (χ4n) is 3.91. The Balaban J connectivity index is 1.87. The van der Waals surface area contributed by atoms with Crippen LogP contribution in [0.2, 0.25) is 0 Å². The molecule has 0 spiro atoms. The van der Waals surface area contributed by atoms with Crippen molar-refractivity contribution in [1.82, 2.24) is 10.2 Å². The van der Waals surface area contributed by atoms with Gasteiger partial charge < -0.3 is 10.2 Å². The third-order valence-electron chi connectivity index (χ3n) is 6.32. The first-order valence-electron chi connectivity index (χ1n) is 12.4. The maximum Gasteiger partial charge on any atom is 0.243 e. The van der Waals surface area contributed by atoms with Crippen molar-refractivity contribution in [3.8, 4) is 0 Å². The molecule has 0 bridgehead atoms. The number of hydrogen-bond acceptors (Lipinski definition) is 3. The third-order valence-corrected chi connectivity index (χ3v) is 7.28. The van der Waals surface area contributed by atoms with E-state index in [9.17, 15) is 14.0 Å². The maximum absolute atomic E-state index is 14.1. The zero-order valence-electron chi connectivity index (χ0n) is 21.2. The maximum atomic E-state index is 14.1. The number of nitrogens with zero attached hydrogens (tertiary/aromatic N) is 1. The van der Waals surface area contributed by atoms with Gasteiger partial charge in [0, 0.05) is 24.8 Å². The molecule has 190 valence electrons. The summed E-state index contributed by atoms with van der Waals surface area (Å²) in [5, 5.41) is 3.09. The molecular formula is C30H35FN2O2S. The number of rotatable bonds is 12. The summed E-state index contributed by atoms with van der Waals surface area (Å²) in [5.41, 5.74) is 3.62. The zero-order chi connectivity index (χ0) is 25.9. The van der Waals surface area contributed by atoms with Crippen LogP contribution in [0.4, 0.5) is 4.39 Å². The number of carbonyl (C=O) groups excluding carboxylic acids is 2. The van der Waals surface area contributed by atoms with Crippen molar-refractivity contribution in [3.05, 3.63) is 107 Å². The number of benzene rings is 3. The number of halogens is 1. The molecule has 3 aromatic carbocycles. The normalized spacial score (nSPS) is 12.6. The van der Waals surface area contributed by atoms with Crippen molar-refractivity contribution >= 4 is 23.6 Å². The van der Waals surface area contributed by atoms with Crippen LogP contribution in [0.3, 0.4) is 0 Å². The largest absolute Gasteiger partial charge is 0.352 e. The molecule has 3 aromatic rings. The summed E-state index contributed by atoms with van der Waals surface area (Å²) in [6, 6.07) is 23.6. The van der Waals surface area contributed by atoms with E-state index in [1.165, 1.54) is 17.8 Å². The molecule has 6 heteroatoms. The van der Waals surface area contributed by atoms with Gasteiger partial charge in [0.25, 0.3) is 0 Å². The van der Waals surface area contributed by atoms with Gasteiger partial charge in [-0.25, -0.2) is 4.39 Å². The van der Waals surface area contributed by atoms with Gasteiger partial charge in [-0.2, -0.15) is 0 Å². The van der Waals surface area contributed by atoms with Crippen molar-refractivity contribution in [1.29, 1.82) is 0 Å². The molecule has 0 saturated heterocycles. The van der Waals surface area contributed by atoms with Gasteiger partial charge in [-0.3, -0.25) is 9.59 Å². The summed E-state index contributed by atoms with van der Waals surface area (Å²) in [6.45, 7) is 6.33. The monoisotopic (exact) mass is 506 g/mol. The summed E-state index contributed by atoms with van der Waals surface area (Å²) in [5.74, 6) is -0.0283. The SMILES string of the molecule is CC[C@H](C)NC(=O)[C@H](Cc1ccccc1)N(Cc1ccccc1C)C(=O)CSCc1ccccc1F. The third kappa shape index (κ3) is 7.95. The number of hydrogen-bond donors (Lipinski definition) is 1. The lowest BCUT2D eigenvalue weighted by molar-refractivity contribution is -0.139. The Hall–Kier alpha value is -3.12. The lowest BCUT2D eigenvalue weighted by Crippen LogP contribution is -2.52. The van der Waals surface area contributed by atoms with Gasteiger partial charge in [-0.05, 0) is 48.6 Å². The van der Waals surface area contributed by atoms with Crippen LogP contribution in [0.1, 0.15) is 42.5 Å². The quantitative estimate of drug-likeness (QED) is 0.332. The van der Waals surface area contributed by atoms with Crippen molar-refractivity contribution in [2.75, 3.05) is 5.75 Å². The van der Waals surface area contributed by atoms with E-state index in [0.29, 0.717) is 24.3 Å². The molecule has 0 heterocycles. The minimum Gasteiger partial charge on any atom is -0.352 e. The Kier molecular flexibility index (Phi) is 10.6. The average molecular weight is 507 g/mol. The molecule has 36 heavy (non-hydrogen) atoms. The predicted octanol–water partition coefficient (Wildman–Crippen LogP) is 5.92. The van der Waals surface area contributed by atoms with Gasteiger partial charge in [-0.1, -0.05) is 79.7 Å². The second-order valence-electron chi connectivity index (χ2n) is 9.06. The molecule has 0 fully saturated rings. The van der Waals surface area contributed by atoms with Crippen LogP contribution < -0.4 is 5.32 Å². The highest BCUT2D eigenvalue weighted by Crippen LogP contribution is 2.21. The summed E-state index contributed by atoms with van der Waals surface area (Å²) in [7, 11) is 0. The molecule has 0 aliphatic rings. The lowest BCUT2D eigenvalue weighted by Gasteiger charge is -2.32. The molecular weight excluding hydrogens is 471 g/mol. The van der Waals surface area contributed by atoms with Crippen LogP contribution in [0.25, 0.3) is 0 Å². The van der Waals surface area contributed by atoms with Gasteiger partial charge in [0.15, 0.2) is 0 Å². The van der Waals surface area contributed by atoms with E-state index in [4.69, 9.17) is 0 Å². The first-order valence-corrected chi connectivity index (χ1v) is 13.5. The van der Waals surface area contributed by atoms with Crippen molar-refractivity contribution in [2.45, 2.75) is 58.0 Å². The van der Waals surface area contributed by atoms with Gasteiger partial charge >= 0.3 is 0 Å². The number of thioether (sulfide) groups is 1. The van der Waals surface area contributed by atoms with Gasteiger partial charge in [-0.15, -0.1) is 11.8 Å². The summed E-state index contributed by atoms with van der Waals surface area (Å²) in [6.07, 6.45) is 1.22. The molecule has 0 aliphatic carbocycles. The standard InChI is InChI=1S/C30H35FN2O2S/c1-4-23(3)32-30(35)28(18-24-13-6-5-7-14-24)33(19-25-15-9-8-12-22(25)2)29(34)21-36-20-26-16-10-11-17-27(26)31/h5-17,23,28H,4,18-21H2,1-3H3,(H,32,35)/t23-,28-/m0/s1. The van der Waals surface area contributed by atoms with Crippen LogP contribution in [-0.4, -0.2) is 34.6 Å². The molecule has 0 unspecified atom stereocenters. The fraction of sp³-hybridized carbons (Fsp3) is 0.333. The number of carbonyl (C=O) groups is 2. The molecule has 0 saturated carbocycles. The lowest BCUT2D eigenvalue weighted by atomic mass is 10.0. The van der Waals surface area contributed by atoms with E-state index >= 15 is 0 Å². The molecule has 3 rings (SSSR count). The molecule has 2 atom stereocenters. The number of amides is 2. The summed E-state index contributed by atoms with van der Waals surface area (Å²) < 4.78 is 14.1. The van der Waals surface area contributed by atoms with E-state index < -0.39 is 6.04 Å². The molecule has 2 amide bonds. The minimum absolute atomic E-state index is 0.00150. The highest BCUT2D eigenvalue weighted by atomic mass is 32.2. The Morgan fingerprint density at radius 1 is 0.944 bits per heavy atom. The minimum atomic E-state index is -0.664. The van der Waals surface area contributed by atoms with E-state index in [1.54, 1.807) is 23.1 Å². The second-order valence-corrected chi connectivity index (χ2v) is 10.0. The van der Waals surface area contributed by atoms with Crippen LogP contribution >= 0.6 is 11.8 Å². The first kappa shape index (κ1) is 27.5. The number of nitrogens with one attached hydrogen (secondary N) is 1. The Morgan fingerprint density at radius 3 is 2.25 bits per heavy atom. The molecule has 1 N–H and O–H groups in total. The Morgan fingerprint density at radius 2 is 1.58 bits per heavy atom. The van der Waals surface area contributed by atoms with Crippen LogP contribution in [0.15, 0.2) is 78.9 Å². The smallest absolute Gasteiger partial charge is 0.243 e. The molecule has 4 nitrogen and oxygen atoms in total. The van der Waals surface area contributed by atoms with E-state index in [1.807, 2.05) is 75.4 Å². The van der Waals surface area contributed by atoms with Crippen molar-refractivity contribution in [3.63, 3.8) is 0 Å². The zero-order valence-corrected chi connectivity index (χ0v) is 22.1. The number of aryl methyl sites for hydroxylation is 1. The van der Waals surface area contributed by atoms with Gasteiger partial charge in [0.2, 0.25) is 11.8 Å². The van der Waals surface area contributed by atoms with Crippen molar-refractivity contribution in [2.24, 2.45) is 0 Å². The highest BCUT2D eigenvalue weighted by Gasteiger charge is 2.31. The fourth-order valence-corrected chi connectivity index (χ4v) is 4.81. The average Bonchev–Trinajstić information content (AvgIpc) is 2.88. The van der Waals surface area contributed by atoms with Gasteiger partial charge in [0.1, 0.15) is 11.9 Å². The van der Waals surface area contributed by atoms with Crippen LogP contribution in [0, 0.1) is 12.7 Å². The molecule has 0 radical (unpaired) electrons.